The van der Waals surface area contributed by atoms with E-state index < -0.39 is 0 Å². The van der Waals surface area contributed by atoms with Crippen molar-refractivity contribution in [2.75, 3.05) is 0 Å². The van der Waals surface area contributed by atoms with Crippen molar-refractivity contribution in [1.82, 2.24) is 4.98 Å². The van der Waals surface area contributed by atoms with Gasteiger partial charge in [-0.3, -0.25) is 0 Å². The van der Waals surface area contributed by atoms with Crippen LogP contribution in [-0.2, 0) is 0 Å². The van der Waals surface area contributed by atoms with E-state index in [0.29, 0.717) is 0 Å². The van der Waals surface area contributed by atoms with Gasteiger partial charge in [-0.1, -0.05) is 24.8 Å². The van der Waals surface area contributed by atoms with Crippen LogP contribution in [0.3, 0.4) is 0 Å². The fourth-order valence-electron chi connectivity index (χ4n) is 1.59. The van der Waals surface area contributed by atoms with Gasteiger partial charge in [0.1, 0.15) is 0 Å². The van der Waals surface area contributed by atoms with Crippen molar-refractivity contribution in [2.45, 2.75) is 6.92 Å². The standard InChI is InChI=1S/C12H11N/c1-3-6-10-9(2)13-12-8-5-4-7-11(10)12/h4-8,13H,1H2,2H3. The van der Waals surface area contributed by atoms with Gasteiger partial charge in [-0.05, 0) is 19.1 Å². The van der Waals surface area contributed by atoms with Gasteiger partial charge in [-0.15, -0.1) is 5.73 Å². The first-order valence-electron chi connectivity index (χ1n) is 4.26. The molecule has 1 heteroatoms. The lowest BCUT2D eigenvalue weighted by atomic mass is 10.1. The Labute approximate surface area is 77.4 Å². The molecular formula is C12H11N. The first kappa shape index (κ1) is 7.90. The number of benzene rings is 1. The minimum atomic E-state index is 1.16. The molecule has 1 heterocycles. The molecule has 1 aromatic heterocycles. The zero-order valence-electron chi connectivity index (χ0n) is 7.59. The number of aryl methyl sites for hydroxylation is 1. The van der Waals surface area contributed by atoms with Gasteiger partial charge in [0.05, 0.1) is 0 Å². The minimum Gasteiger partial charge on any atom is -0.358 e. The Bertz CT molecular complexity index is 485. The number of nitrogens with one attached hydrogen (secondary N) is 1. The summed E-state index contributed by atoms with van der Waals surface area (Å²) in [5.41, 5.74) is 6.33. The van der Waals surface area contributed by atoms with Crippen LogP contribution in [0.4, 0.5) is 0 Å². The summed E-state index contributed by atoms with van der Waals surface area (Å²) >= 11 is 0. The number of aromatic amines is 1. The number of hydrogen-bond acceptors (Lipinski definition) is 0. The SMILES string of the molecule is C=C=Cc1c(C)[nH]c2ccccc12. The summed E-state index contributed by atoms with van der Waals surface area (Å²) in [4.78, 5) is 3.31. The summed E-state index contributed by atoms with van der Waals surface area (Å²) in [6, 6.07) is 8.24. The molecule has 13 heavy (non-hydrogen) atoms. The van der Waals surface area contributed by atoms with Crippen LogP contribution in [-0.4, -0.2) is 4.98 Å². The van der Waals surface area contributed by atoms with Crippen molar-refractivity contribution in [1.29, 1.82) is 0 Å². The fourth-order valence-corrected chi connectivity index (χ4v) is 1.59. The lowest BCUT2D eigenvalue weighted by Gasteiger charge is -1.89. The maximum Gasteiger partial charge on any atom is 0.0462 e. The van der Waals surface area contributed by atoms with Gasteiger partial charge in [-0.2, -0.15) is 0 Å². The van der Waals surface area contributed by atoms with Gasteiger partial charge in [0.15, 0.2) is 0 Å². The minimum absolute atomic E-state index is 1.16. The van der Waals surface area contributed by atoms with Gasteiger partial charge < -0.3 is 4.98 Å². The van der Waals surface area contributed by atoms with Crippen molar-refractivity contribution < 1.29 is 0 Å². The second-order valence-electron chi connectivity index (χ2n) is 3.06. The summed E-state index contributed by atoms with van der Waals surface area (Å²) in [6.45, 7) is 5.65. The summed E-state index contributed by atoms with van der Waals surface area (Å²) in [5, 5.41) is 1.23. The molecule has 1 N–H and O–H groups in total. The molecule has 64 valence electrons. The molecule has 0 unspecified atom stereocenters. The van der Waals surface area contributed by atoms with Crippen molar-refractivity contribution in [3.8, 4) is 0 Å². The molecule has 0 aliphatic carbocycles. The summed E-state index contributed by atoms with van der Waals surface area (Å²) in [5.74, 6) is 0. The number of H-pyrrole nitrogens is 1. The van der Waals surface area contributed by atoms with Gasteiger partial charge >= 0.3 is 0 Å². The van der Waals surface area contributed by atoms with E-state index >= 15 is 0 Å². The van der Waals surface area contributed by atoms with E-state index in [1.165, 1.54) is 16.5 Å². The quantitative estimate of drug-likeness (QED) is 0.630. The Morgan fingerprint density at radius 1 is 1.38 bits per heavy atom. The average Bonchev–Trinajstić information content (AvgIpc) is 2.44. The van der Waals surface area contributed by atoms with E-state index in [0.717, 1.165) is 5.69 Å². The van der Waals surface area contributed by atoms with Gasteiger partial charge in [0.2, 0.25) is 0 Å². The third-order valence-electron chi connectivity index (χ3n) is 2.19. The van der Waals surface area contributed by atoms with E-state index in [1.54, 1.807) is 0 Å². The topological polar surface area (TPSA) is 15.8 Å². The molecule has 0 saturated heterocycles. The Balaban J connectivity index is 2.85. The fraction of sp³-hybridized carbons (Fsp3) is 0.0833. The summed E-state index contributed by atoms with van der Waals surface area (Å²) in [6.07, 6.45) is 1.91. The van der Waals surface area contributed by atoms with Gasteiger partial charge in [0, 0.05) is 22.2 Å². The lowest BCUT2D eigenvalue weighted by molar-refractivity contribution is 1.29. The molecule has 2 rings (SSSR count). The zero-order valence-corrected chi connectivity index (χ0v) is 7.59. The Morgan fingerprint density at radius 3 is 2.92 bits per heavy atom. The molecule has 0 radical (unpaired) electrons. The summed E-state index contributed by atoms with van der Waals surface area (Å²) < 4.78 is 0. The second-order valence-corrected chi connectivity index (χ2v) is 3.06. The lowest BCUT2D eigenvalue weighted by Crippen LogP contribution is -1.71. The highest BCUT2D eigenvalue weighted by Gasteiger charge is 2.03. The predicted molar refractivity (Wildman–Crippen MR) is 56.6 cm³/mol. The third kappa shape index (κ3) is 1.20. The maximum atomic E-state index is 3.59. The van der Waals surface area contributed by atoms with E-state index in [4.69, 9.17) is 0 Å². The molecule has 0 bridgehead atoms. The molecule has 0 fully saturated rings. The van der Waals surface area contributed by atoms with Crippen LogP contribution in [0.15, 0.2) is 36.6 Å². The molecule has 1 aromatic carbocycles. The van der Waals surface area contributed by atoms with Crippen molar-refractivity contribution in [3.05, 3.63) is 47.8 Å². The number of aromatic nitrogens is 1. The molecule has 0 amide bonds. The van der Waals surface area contributed by atoms with Gasteiger partial charge in [0.25, 0.3) is 0 Å². The molecule has 0 aliphatic heterocycles. The number of para-hydroxylation sites is 1. The molecular weight excluding hydrogens is 158 g/mol. The van der Waals surface area contributed by atoms with E-state index in [-0.39, 0.29) is 0 Å². The van der Waals surface area contributed by atoms with E-state index in [1.807, 2.05) is 18.2 Å². The Morgan fingerprint density at radius 2 is 2.15 bits per heavy atom. The number of fused-ring (bicyclic) bond motifs is 1. The van der Waals surface area contributed by atoms with Crippen LogP contribution in [0.1, 0.15) is 11.3 Å². The number of hydrogen-bond donors (Lipinski definition) is 1. The molecule has 0 aliphatic rings. The molecule has 0 spiro atoms. The molecule has 2 aromatic rings. The monoisotopic (exact) mass is 169 g/mol. The zero-order chi connectivity index (χ0) is 9.26. The van der Waals surface area contributed by atoms with Gasteiger partial charge in [-0.25, -0.2) is 0 Å². The predicted octanol–water partition coefficient (Wildman–Crippen LogP) is 3.27. The maximum absolute atomic E-state index is 3.59. The first-order valence-corrected chi connectivity index (χ1v) is 4.26. The molecule has 0 atom stereocenters. The van der Waals surface area contributed by atoms with Crippen molar-refractivity contribution >= 4 is 17.0 Å². The van der Waals surface area contributed by atoms with Crippen molar-refractivity contribution in [3.63, 3.8) is 0 Å². The average molecular weight is 169 g/mol. The molecule has 0 saturated carbocycles. The van der Waals surface area contributed by atoms with Crippen LogP contribution in [0.5, 0.6) is 0 Å². The smallest absolute Gasteiger partial charge is 0.0462 e. The highest BCUT2D eigenvalue weighted by molar-refractivity contribution is 5.90. The van der Waals surface area contributed by atoms with Crippen LogP contribution >= 0.6 is 0 Å². The largest absolute Gasteiger partial charge is 0.358 e. The van der Waals surface area contributed by atoms with Crippen LogP contribution in [0, 0.1) is 6.92 Å². The molecule has 1 nitrogen and oxygen atoms in total. The van der Waals surface area contributed by atoms with Crippen LogP contribution < -0.4 is 0 Å². The van der Waals surface area contributed by atoms with E-state index in [9.17, 15) is 0 Å². The third-order valence-corrected chi connectivity index (χ3v) is 2.19. The van der Waals surface area contributed by atoms with Crippen molar-refractivity contribution in [2.24, 2.45) is 0 Å². The Kier molecular flexibility index (Phi) is 1.80. The highest BCUT2D eigenvalue weighted by Crippen LogP contribution is 2.22. The normalized spacial score (nSPS) is 9.92. The highest BCUT2D eigenvalue weighted by atomic mass is 14.7. The van der Waals surface area contributed by atoms with E-state index in [2.05, 4.69) is 36.4 Å². The van der Waals surface area contributed by atoms with Crippen LogP contribution in [0.2, 0.25) is 0 Å². The Hall–Kier alpha value is -1.72. The van der Waals surface area contributed by atoms with Crippen LogP contribution in [0.25, 0.3) is 17.0 Å². The second kappa shape index (κ2) is 2.96. The number of rotatable bonds is 1. The first-order chi connectivity index (χ1) is 6.33. The summed E-state index contributed by atoms with van der Waals surface area (Å²) in [7, 11) is 0.